The number of nitrogens with one attached hydrogen (secondary N) is 1. The Morgan fingerprint density at radius 2 is 1.77 bits per heavy atom. The molecule has 0 saturated heterocycles. The van der Waals surface area contributed by atoms with Crippen LogP contribution in [0.25, 0.3) is 16.9 Å². The van der Waals surface area contributed by atoms with E-state index in [0.717, 1.165) is 65.6 Å². The molecule has 1 aliphatic carbocycles. The molecule has 4 aromatic rings. The smallest absolute Gasteiger partial charge is 0.388 e. The molecule has 2 aromatic heterocycles. The van der Waals surface area contributed by atoms with E-state index in [1.807, 2.05) is 59.3 Å². The quantitative estimate of drug-likeness (QED) is 0.217. The molecular formula is C35H44KN6O5+. The maximum Gasteiger partial charge on any atom is 1.00 e. The number of aryl methyl sites for hydroxylation is 2. The van der Waals surface area contributed by atoms with Crippen LogP contribution in [0.1, 0.15) is 94.0 Å². The summed E-state index contributed by atoms with van der Waals surface area (Å²) >= 11 is 0. The number of aliphatic hydroxyl groups excluding tert-OH is 1. The second kappa shape index (κ2) is 15.1. The molecular weight excluding hydrogens is 624 g/mol. The van der Waals surface area contributed by atoms with Gasteiger partial charge in [-0.3, -0.25) is 9.36 Å². The third kappa shape index (κ3) is 7.81. The maximum absolute atomic E-state index is 14.5. The van der Waals surface area contributed by atoms with Crippen molar-refractivity contribution in [1.82, 2.24) is 24.6 Å². The number of amidine groups is 1. The fourth-order valence-corrected chi connectivity index (χ4v) is 6.47. The minimum Gasteiger partial charge on any atom is -0.388 e. The van der Waals surface area contributed by atoms with E-state index in [0.29, 0.717) is 30.3 Å². The molecule has 244 valence electrons. The second-order valence-corrected chi connectivity index (χ2v) is 13.0. The van der Waals surface area contributed by atoms with Gasteiger partial charge in [0.15, 0.2) is 5.84 Å². The van der Waals surface area contributed by atoms with Crippen molar-refractivity contribution in [2.24, 2.45) is 4.99 Å². The van der Waals surface area contributed by atoms with Gasteiger partial charge in [-0.2, -0.15) is 10.1 Å². The summed E-state index contributed by atoms with van der Waals surface area (Å²) in [5, 5.41) is 24.8. The molecule has 6 rings (SSSR count). The molecule has 2 unspecified atom stereocenters. The number of aliphatic imine (C=N–C) groups is 1. The van der Waals surface area contributed by atoms with Crippen LogP contribution in [0.3, 0.4) is 0 Å². The molecule has 2 atom stereocenters. The summed E-state index contributed by atoms with van der Waals surface area (Å²) in [6.45, 7) is 9.43. The molecule has 47 heavy (non-hydrogen) atoms. The first-order chi connectivity index (χ1) is 22.0. The van der Waals surface area contributed by atoms with Crippen molar-refractivity contribution < 1.29 is 71.2 Å². The van der Waals surface area contributed by atoms with Gasteiger partial charge in [0.05, 0.1) is 23.5 Å². The Morgan fingerprint density at radius 3 is 2.38 bits per heavy atom. The van der Waals surface area contributed by atoms with Crippen molar-refractivity contribution in [3.63, 3.8) is 0 Å². The second-order valence-electron chi connectivity index (χ2n) is 13.0. The first-order valence-electron chi connectivity index (χ1n) is 16.3. The molecule has 2 aliphatic rings. The van der Waals surface area contributed by atoms with Crippen LogP contribution in [0.5, 0.6) is 0 Å². The van der Waals surface area contributed by atoms with E-state index in [1.165, 1.54) is 0 Å². The molecule has 0 amide bonds. The zero-order valence-electron chi connectivity index (χ0n) is 28.2. The Labute approximate surface area is 317 Å². The van der Waals surface area contributed by atoms with Crippen LogP contribution in [-0.4, -0.2) is 59.4 Å². The molecule has 1 saturated carbocycles. The van der Waals surface area contributed by atoms with E-state index in [9.17, 15) is 15.0 Å². The first kappa shape index (κ1) is 36.0. The summed E-state index contributed by atoms with van der Waals surface area (Å²) in [7, 11) is 0. The van der Waals surface area contributed by atoms with Crippen molar-refractivity contribution in [2.45, 2.75) is 110 Å². The molecule has 3 N–H and O–H groups in total. The molecule has 0 radical (unpaired) electrons. The zero-order valence-corrected chi connectivity index (χ0v) is 31.4. The van der Waals surface area contributed by atoms with Crippen LogP contribution in [0.2, 0.25) is 0 Å². The molecule has 1 aliphatic heterocycles. The van der Waals surface area contributed by atoms with Crippen LogP contribution in [0.15, 0.2) is 58.3 Å². The topological polar surface area (TPSA) is 136 Å². The number of aliphatic hydroxyl groups is 2. The standard InChI is InChI=1S/C35H44N6O5.K/c1-6-9-30-29(20-23-12-14-24(15-13-23)27-10-7-8-11-28(27)31-37-34(43)46-39-31)32(42)40(33-36-22(3)38-41(30)33)25-16-18-26(19-17-25)45-21(2)35(4,5)44;/h7-8,10-15,21,25-26,34,43-44H,6,9,16-20H2,1-5H3,(H,37,39);/q;+1. The van der Waals surface area contributed by atoms with Crippen LogP contribution >= 0.6 is 0 Å². The molecule has 0 spiro atoms. The van der Waals surface area contributed by atoms with Gasteiger partial charge in [0, 0.05) is 23.6 Å². The van der Waals surface area contributed by atoms with Gasteiger partial charge in [-0.15, -0.1) is 0 Å². The van der Waals surface area contributed by atoms with E-state index in [-0.39, 0.29) is 75.2 Å². The van der Waals surface area contributed by atoms with Crippen LogP contribution in [-0.2, 0) is 22.4 Å². The van der Waals surface area contributed by atoms with Crippen molar-refractivity contribution in [3.05, 3.63) is 87.1 Å². The van der Waals surface area contributed by atoms with Crippen molar-refractivity contribution in [3.8, 4) is 11.1 Å². The van der Waals surface area contributed by atoms with Gasteiger partial charge < -0.3 is 14.9 Å². The van der Waals surface area contributed by atoms with Gasteiger partial charge in [-0.05, 0) is 76.5 Å². The monoisotopic (exact) mass is 667 g/mol. The minimum atomic E-state index is -1.23. The average Bonchev–Trinajstić information content (AvgIpc) is 3.64. The average molecular weight is 668 g/mol. The van der Waals surface area contributed by atoms with Crippen molar-refractivity contribution in [1.29, 1.82) is 0 Å². The predicted octanol–water partition coefficient (Wildman–Crippen LogP) is 1.63. The van der Waals surface area contributed by atoms with E-state index in [2.05, 4.69) is 29.5 Å². The van der Waals surface area contributed by atoms with Crippen LogP contribution < -0.4 is 62.4 Å². The third-order valence-corrected chi connectivity index (χ3v) is 9.21. The molecule has 11 nitrogen and oxygen atoms in total. The van der Waals surface area contributed by atoms with Crippen molar-refractivity contribution >= 4 is 11.6 Å². The Balaban J connectivity index is 0.00000433. The zero-order chi connectivity index (χ0) is 32.6. The number of ether oxygens (including phenoxy) is 1. The minimum absolute atomic E-state index is 0. The SMILES string of the molecule is CCCc1c(Cc2ccc(-c3ccccc3C3=NC(O)ON3)cc2)c(=O)n(C2CCC(OC(C)C(C)(C)O)CC2)c2nc(C)nn12.[K+]. The fourth-order valence-electron chi connectivity index (χ4n) is 6.47. The van der Waals surface area contributed by atoms with Gasteiger partial charge in [0.2, 0.25) is 5.78 Å². The molecule has 12 heteroatoms. The van der Waals surface area contributed by atoms with E-state index < -0.39 is 12.0 Å². The van der Waals surface area contributed by atoms with Gasteiger partial charge in [0.1, 0.15) is 5.82 Å². The number of hydrogen-bond donors (Lipinski definition) is 3. The number of hydroxylamine groups is 1. The fraction of sp³-hybridized carbons (Fsp3) is 0.486. The summed E-state index contributed by atoms with van der Waals surface area (Å²) in [5.74, 6) is 1.72. The summed E-state index contributed by atoms with van der Waals surface area (Å²) in [6, 6.07) is 16.0. The number of hydrogen-bond acceptors (Lipinski definition) is 9. The van der Waals surface area contributed by atoms with Crippen LogP contribution in [0.4, 0.5) is 0 Å². The van der Waals surface area contributed by atoms with E-state index in [1.54, 1.807) is 13.8 Å². The third-order valence-electron chi connectivity index (χ3n) is 9.21. The largest absolute Gasteiger partial charge is 1.00 e. The summed E-state index contributed by atoms with van der Waals surface area (Å²) in [5.41, 5.74) is 7.21. The van der Waals surface area contributed by atoms with E-state index in [4.69, 9.17) is 19.7 Å². The van der Waals surface area contributed by atoms with Gasteiger partial charge >= 0.3 is 51.4 Å². The summed E-state index contributed by atoms with van der Waals surface area (Å²) < 4.78 is 9.97. The van der Waals surface area contributed by atoms with Gasteiger partial charge in [0.25, 0.3) is 12.0 Å². The first-order valence-corrected chi connectivity index (χ1v) is 16.3. The Morgan fingerprint density at radius 1 is 1.09 bits per heavy atom. The van der Waals surface area contributed by atoms with Gasteiger partial charge in [-0.1, -0.05) is 61.9 Å². The Bertz CT molecular complexity index is 1790. The molecule has 3 heterocycles. The Hall–Kier alpha value is -2.26. The Kier molecular flexibility index (Phi) is 11.6. The molecule has 1 fully saturated rings. The predicted molar refractivity (Wildman–Crippen MR) is 176 cm³/mol. The number of aromatic nitrogens is 4. The molecule has 0 bridgehead atoms. The molecule has 2 aromatic carbocycles. The van der Waals surface area contributed by atoms with E-state index >= 15 is 0 Å². The number of rotatable bonds is 10. The summed E-state index contributed by atoms with van der Waals surface area (Å²) in [4.78, 5) is 28.3. The normalized spacial score (nSPS) is 20.5. The number of benzene rings is 2. The van der Waals surface area contributed by atoms with Gasteiger partial charge in [-0.25, -0.2) is 19.8 Å². The number of nitrogens with zero attached hydrogens (tertiary/aromatic N) is 5. The number of fused-ring (bicyclic) bond motifs is 1. The summed E-state index contributed by atoms with van der Waals surface area (Å²) in [6.07, 6.45) is 3.77. The van der Waals surface area contributed by atoms with Crippen molar-refractivity contribution in [2.75, 3.05) is 0 Å². The maximum atomic E-state index is 14.5. The van der Waals surface area contributed by atoms with Crippen LogP contribution in [0, 0.1) is 6.92 Å².